The van der Waals surface area contributed by atoms with Crippen LogP contribution >= 0.6 is 15.9 Å². The van der Waals surface area contributed by atoms with Crippen LogP contribution in [-0.4, -0.2) is 50.6 Å². The van der Waals surface area contributed by atoms with Gasteiger partial charge in [-0.3, -0.25) is 4.79 Å². The van der Waals surface area contributed by atoms with Gasteiger partial charge < -0.3 is 18.9 Å². The van der Waals surface area contributed by atoms with Gasteiger partial charge in [-0.1, -0.05) is 15.9 Å². The summed E-state index contributed by atoms with van der Waals surface area (Å²) < 4.78 is 19.6. The highest BCUT2D eigenvalue weighted by Crippen LogP contribution is 2.17. The van der Waals surface area contributed by atoms with E-state index in [1.807, 2.05) is 0 Å². The predicted molar refractivity (Wildman–Crippen MR) is 67.2 cm³/mol. The Kier molecular flexibility index (Phi) is 8.77. The second-order valence-electron chi connectivity index (χ2n) is 3.91. The smallest absolute Gasteiger partial charge is 0.322 e. The molecular weight excluding hydrogens is 292 g/mol. The molecular formula is C11H21BrO5. The van der Waals surface area contributed by atoms with E-state index < -0.39 is 4.32 Å². The van der Waals surface area contributed by atoms with Gasteiger partial charge in [-0.25, -0.2) is 0 Å². The third-order valence-electron chi connectivity index (χ3n) is 1.97. The summed E-state index contributed by atoms with van der Waals surface area (Å²) in [5.74, 6) is -0.298. The van der Waals surface area contributed by atoms with Crippen molar-refractivity contribution in [2.45, 2.75) is 30.9 Å². The normalized spacial score (nSPS) is 11.9. The predicted octanol–water partition coefficient (Wildman–Crippen LogP) is 1.73. The third-order valence-corrected chi connectivity index (χ3v) is 2.29. The maximum Gasteiger partial charge on any atom is 0.322 e. The van der Waals surface area contributed by atoms with Gasteiger partial charge in [-0.05, 0) is 13.8 Å². The molecule has 102 valence electrons. The van der Waals surface area contributed by atoms with Crippen LogP contribution in [0.3, 0.4) is 0 Å². The van der Waals surface area contributed by atoms with Crippen molar-refractivity contribution in [3.05, 3.63) is 0 Å². The summed E-state index contributed by atoms with van der Waals surface area (Å²) >= 11 is 3.22. The summed E-state index contributed by atoms with van der Waals surface area (Å²) in [5, 5.41) is 0. The van der Waals surface area contributed by atoms with Crippen molar-refractivity contribution in [2.24, 2.45) is 0 Å². The van der Waals surface area contributed by atoms with Crippen LogP contribution in [0.2, 0.25) is 0 Å². The van der Waals surface area contributed by atoms with E-state index in [4.69, 9.17) is 18.9 Å². The van der Waals surface area contributed by atoms with Crippen LogP contribution in [0, 0.1) is 0 Å². The molecule has 0 N–H and O–H groups in total. The Morgan fingerprint density at radius 1 is 1.18 bits per heavy atom. The molecule has 0 fully saturated rings. The van der Waals surface area contributed by atoms with Gasteiger partial charge in [0, 0.05) is 20.6 Å². The molecule has 0 aliphatic rings. The van der Waals surface area contributed by atoms with Crippen LogP contribution < -0.4 is 0 Å². The largest absolute Gasteiger partial charge is 0.462 e. The average Bonchev–Trinajstić information content (AvgIpc) is 2.26. The van der Waals surface area contributed by atoms with Gasteiger partial charge in [0.2, 0.25) is 0 Å². The van der Waals surface area contributed by atoms with Crippen molar-refractivity contribution in [1.29, 1.82) is 0 Å². The van der Waals surface area contributed by atoms with Crippen molar-refractivity contribution in [1.82, 2.24) is 0 Å². The maximum atomic E-state index is 11.3. The number of hydrogen-bond donors (Lipinski definition) is 0. The van der Waals surface area contributed by atoms with Crippen molar-refractivity contribution < 1.29 is 23.7 Å². The fourth-order valence-corrected chi connectivity index (χ4v) is 1.09. The molecule has 0 amide bonds. The molecule has 0 rings (SSSR count). The molecule has 0 aliphatic heterocycles. The molecule has 5 nitrogen and oxygen atoms in total. The molecule has 0 spiro atoms. The quantitative estimate of drug-likeness (QED) is 0.281. The summed E-state index contributed by atoms with van der Waals surface area (Å²) in [6.07, 6.45) is 0.393. The Balaban J connectivity index is 3.44. The van der Waals surface area contributed by atoms with Gasteiger partial charge in [0.25, 0.3) is 0 Å². The average molecular weight is 313 g/mol. The van der Waals surface area contributed by atoms with E-state index in [0.717, 1.165) is 0 Å². The SMILES string of the molecule is COC(CCOCCOC(=O)C(C)(C)Br)OC. The van der Waals surface area contributed by atoms with E-state index in [-0.39, 0.29) is 18.9 Å². The highest BCUT2D eigenvalue weighted by Gasteiger charge is 2.25. The summed E-state index contributed by atoms with van der Waals surface area (Å²) in [5.41, 5.74) is 0. The molecule has 0 heterocycles. The number of carbonyl (C=O) groups excluding carboxylic acids is 1. The minimum Gasteiger partial charge on any atom is -0.462 e. The molecule has 0 atom stereocenters. The van der Waals surface area contributed by atoms with Gasteiger partial charge in [0.05, 0.1) is 13.2 Å². The zero-order valence-electron chi connectivity index (χ0n) is 10.8. The molecule has 0 aliphatic carbocycles. The molecule has 0 saturated heterocycles. The van der Waals surface area contributed by atoms with Gasteiger partial charge in [0.1, 0.15) is 10.9 Å². The summed E-state index contributed by atoms with van der Waals surface area (Å²) in [6.45, 7) is 4.59. The number of halogens is 1. The zero-order chi connectivity index (χ0) is 13.3. The van der Waals surface area contributed by atoms with Gasteiger partial charge >= 0.3 is 5.97 Å². The van der Waals surface area contributed by atoms with Crippen LogP contribution in [-0.2, 0) is 23.7 Å². The molecule has 6 heteroatoms. The lowest BCUT2D eigenvalue weighted by Gasteiger charge is -2.15. The second kappa shape index (κ2) is 8.85. The van der Waals surface area contributed by atoms with Crippen molar-refractivity contribution >= 4 is 21.9 Å². The van der Waals surface area contributed by atoms with Gasteiger partial charge in [-0.2, -0.15) is 0 Å². The first kappa shape index (κ1) is 16.8. The summed E-state index contributed by atoms with van der Waals surface area (Å²) in [4.78, 5) is 11.3. The molecule has 0 bridgehead atoms. The maximum absolute atomic E-state index is 11.3. The van der Waals surface area contributed by atoms with E-state index in [9.17, 15) is 4.79 Å². The number of esters is 1. The molecule has 0 unspecified atom stereocenters. The van der Waals surface area contributed by atoms with Crippen molar-refractivity contribution in [3.8, 4) is 0 Å². The molecule has 0 aromatic carbocycles. The van der Waals surface area contributed by atoms with E-state index >= 15 is 0 Å². The molecule has 0 radical (unpaired) electrons. The lowest BCUT2D eigenvalue weighted by Crippen LogP contribution is -2.28. The number of hydrogen-bond acceptors (Lipinski definition) is 5. The van der Waals surface area contributed by atoms with Gasteiger partial charge in [-0.15, -0.1) is 0 Å². The minimum absolute atomic E-state index is 0.249. The first-order chi connectivity index (χ1) is 7.91. The topological polar surface area (TPSA) is 54.0 Å². The molecule has 0 saturated carbocycles. The first-order valence-electron chi connectivity index (χ1n) is 5.41. The Morgan fingerprint density at radius 3 is 2.24 bits per heavy atom. The summed E-state index contributed by atoms with van der Waals surface area (Å²) in [6, 6.07) is 0. The van der Waals surface area contributed by atoms with Crippen LogP contribution in [0.5, 0.6) is 0 Å². The van der Waals surface area contributed by atoms with Crippen LogP contribution in [0.1, 0.15) is 20.3 Å². The van der Waals surface area contributed by atoms with E-state index in [1.165, 1.54) is 0 Å². The fourth-order valence-electron chi connectivity index (χ4n) is 0.978. The van der Waals surface area contributed by atoms with E-state index in [0.29, 0.717) is 19.6 Å². The Morgan fingerprint density at radius 2 is 1.76 bits per heavy atom. The van der Waals surface area contributed by atoms with Crippen LogP contribution in [0.15, 0.2) is 0 Å². The van der Waals surface area contributed by atoms with E-state index in [1.54, 1.807) is 28.1 Å². The molecule has 0 aromatic heterocycles. The van der Waals surface area contributed by atoms with Crippen molar-refractivity contribution in [3.63, 3.8) is 0 Å². The third kappa shape index (κ3) is 8.54. The first-order valence-corrected chi connectivity index (χ1v) is 6.20. The number of alkyl halides is 1. The Bertz CT molecular complexity index is 210. The Hall–Kier alpha value is -0.170. The highest BCUT2D eigenvalue weighted by atomic mass is 79.9. The number of methoxy groups -OCH3 is 2. The molecule has 17 heavy (non-hydrogen) atoms. The molecule has 0 aromatic rings. The zero-order valence-corrected chi connectivity index (χ0v) is 12.4. The van der Waals surface area contributed by atoms with Crippen molar-refractivity contribution in [2.75, 3.05) is 34.0 Å². The lowest BCUT2D eigenvalue weighted by molar-refractivity contribution is -0.147. The van der Waals surface area contributed by atoms with Crippen LogP contribution in [0.4, 0.5) is 0 Å². The Labute approximate surface area is 111 Å². The highest BCUT2D eigenvalue weighted by molar-refractivity contribution is 9.10. The van der Waals surface area contributed by atoms with Crippen LogP contribution in [0.25, 0.3) is 0 Å². The van der Waals surface area contributed by atoms with E-state index in [2.05, 4.69) is 15.9 Å². The number of ether oxygens (including phenoxy) is 4. The van der Waals surface area contributed by atoms with Gasteiger partial charge in [0.15, 0.2) is 6.29 Å². The number of carbonyl (C=O) groups is 1. The number of rotatable bonds is 9. The monoisotopic (exact) mass is 312 g/mol. The fraction of sp³-hybridized carbons (Fsp3) is 0.909. The standard InChI is InChI=1S/C11H21BrO5/c1-11(2,12)10(13)17-8-7-16-6-5-9(14-3)15-4/h9H,5-8H2,1-4H3. The summed E-state index contributed by atoms with van der Waals surface area (Å²) in [7, 11) is 3.15. The second-order valence-corrected chi connectivity index (χ2v) is 5.89. The minimum atomic E-state index is -0.649. The lowest BCUT2D eigenvalue weighted by atomic mass is 10.2.